The summed E-state index contributed by atoms with van der Waals surface area (Å²) in [6, 6.07) is 14.6. The molecular formula is C23H28N2O. The lowest BCUT2D eigenvalue weighted by atomic mass is 9.89. The van der Waals surface area contributed by atoms with Gasteiger partial charge in [0.25, 0.3) is 5.56 Å². The smallest absolute Gasteiger partial charge is 0.259 e. The summed E-state index contributed by atoms with van der Waals surface area (Å²) in [5, 5.41) is 0. The molecule has 0 atom stereocenters. The van der Waals surface area contributed by atoms with E-state index in [4.69, 9.17) is 0 Å². The number of nitrogens with zero attached hydrogens (tertiary/aromatic N) is 2. The third-order valence-electron chi connectivity index (χ3n) is 5.73. The van der Waals surface area contributed by atoms with Crippen LogP contribution in [0.25, 0.3) is 6.08 Å². The Labute approximate surface area is 156 Å². The van der Waals surface area contributed by atoms with Gasteiger partial charge in [-0.05, 0) is 42.9 Å². The first-order valence-corrected chi connectivity index (χ1v) is 10.0. The lowest BCUT2D eigenvalue weighted by Gasteiger charge is -2.32. The SMILES string of the molecule is O=c1c(/C=C/C2CCCCC2)ccc2n1CCCN2Cc1ccccc1. The van der Waals surface area contributed by atoms with Crippen LogP contribution in [0.5, 0.6) is 0 Å². The Morgan fingerprint density at radius 3 is 2.54 bits per heavy atom. The van der Waals surface area contributed by atoms with Crippen LogP contribution < -0.4 is 10.5 Å². The van der Waals surface area contributed by atoms with Gasteiger partial charge in [-0.2, -0.15) is 0 Å². The largest absolute Gasteiger partial charge is 0.354 e. The van der Waals surface area contributed by atoms with Gasteiger partial charge >= 0.3 is 0 Å². The summed E-state index contributed by atoms with van der Waals surface area (Å²) in [5.41, 5.74) is 2.28. The van der Waals surface area contributed by atoms with E-state index < -0.39 is 0 Å². The molecule has 0 amide bonds. The summed E-state index contributed by atoms with van der Waals surface area (Å²) in [5.74, 6) is 1.71. The Morgan fingerprint density at radius 1 is 0.923 bits per heavy atom. The molecule has 3 nitrogen and oxygen atoms in total. The molecule has 1 aliphatic heterocycles. The van der Waals surface area contributed by atoms with E-state index in [9.17, 15) is 4.79 Å². The minimum Gasteiger partial charge on any atom is -0.354 e. The molecule has 1 saturated carbocycles. The van der Waals surface area contributed by atoms with E-state index in [1.54, 1.807) is 0 Å². The molecule has 1 aromatic heterocycles. The first kappa shape index (κ1) is 17.1. The van der Waals surface area contributed by atoms with Crippen LogP contribution in [-0.2, 0) is 13.1 Å². The third kappa shape index (κ3) is 3.77. The van der Waals surface area contributed by atoms with Crippen LogP contribution in [0.4, 0.5) is 5.82 Å². The van der Waals surface area contributed by atoms with Crippen molar-refractivity contribution in [3.8, 4) is 0 Å². The minimum atomic E-state index is 0.160. The fourth-order valence-corrected chi connectivity index (χ4v) is 4.27. The molecule has 1 aliphatic carbocycles. The van der Waals surface area contributed by atoms with Crippen molar-refractivity contribution < 1.29 is 0 Å². The molecule has 1 aromatic carbocycles. The zero-order valence-corrected chi connectivity index (χ0v) is 15.4. The minimum absolute atomic E-state index is 0.160. The lowest BCUT2D eigenvalue weighted by molar-refractivity contribution is 0.420. The second-order valence-corrected chi connectivity index (χ2v) is 7.62. The van der Waals surface area contributed by atoms with Gasteiger partial charge in [-0.25, -0.2) is 0 Å². The standard InChI is InChI=1S/C23H28N2O/c26-23-21(13-12-19-8-3-1-4-9-19)14-15-22-24(16-7-17-25(22)23)18-20-10-5-2-6-11-20/h2,5-6,10-15,19H,1,3-4,7-9,16-18H2/b13-12+. The molecule has 0 bridgehead atoms. The maximum atomic E-state index is 13.0. The molecule has 4 rings (SSSR count). The van der Waals surface area contributed by atoms with E-state index in [0.29, 0.717) is 5.92 Å². The second kappa shape index (κ2) is 7.94. The van der Waals surface area contributed by atoms with Gasteiger partial charge in [0.15, 0.2) is 0 Å². The van der Waals surface area contributed by atoms with E-state index >= 15 is 0 Å². The Hall–Kier alpha value is -2.29. The summed E-state index contributed by atoms with van der Waals surface area (Å²) in [6.07, 6.45) is 11.9. The number of anilines is 1. The van der Waals surface area contributed by atoms with Crippen LogP contribution in [0.15, 0.2) is 53.3 Å². The van der Waals surface area contributed by atoms with Crippen LogP contribution in [0.3, 0.4) is 0 Å². The summed E-state index contributed by atoms with van der Waals surface area (Å²) < 4.78 is 1.97. The van der Waals surface area contributed by atoms with Crippen LogP contribution in [0.1, 0.15) is 49.7 Å². The zero-order chi connectivity index (χ0) is 17.8. The average Bonchev–Trinajstić information content (AvgIpc) is 2.70. The van der Waals surface area contributed by atoms with Gasteiger partial charge in [0.2, 0.25) is 0 Å². The predicted octanol–water partition coefficient (Wildman–Crippen LogP) is 4.85. The number of pyridine rings is 1. The van der Waals surface area contributed by atoms with Crippen molar-refractivity contribution in [1.82, 2.24) is 4.57 Å². The van der Waals surface area contributed by atoms with Crippen molar-refractivity contribution in [2.45, 2.75) is 51.6 Å². The number of aromatic nitrogens is 1. The van der Waals surface area contributed by atoms with Crippen molar-refractivity contribution in [3.05, 3.63) is 70.0 Å². The molecule has 2 aromatic rings. The fraction of sp³-hybridized carbons (Fsp3) is 0.435. The normalized spacial score (nSPS) is 18.2. The molecule has 2 aliphatic rings. The Bertz CT molecular complexity index is 816. The first-order chi connectivity index (χ1) is 12.8. The highest BCUT2D eigenvalue weighted by atomic mass is 16.1. The number of fused-ring (bicyclic) bond motifs is 1. The Kier molecular flexibility index (Phi) is 5.24. The molecule has 0 radical (unpaired) electrons. The zero-order valence-electron chi connectivity index (χ0n) is 15.4. The number of rotatable bonds is 4. The van der Waals surface area contributed by atoms with Gasteiger partial charge in [-0.1, -0.05) is 61.7 Å². The summed E-state index contributed by atoms with van der Waals surface area (Å²) in [6.45, 7) is 2.69. The third-order valence-corrected chi connectivity index (χ3v) is 5.73. The highest BCUT2D eigenvalue weighted by molar-refractivity contribution is 5.53. The highest BCUT2D eigenvalue weighted by Crippen LogP contribution is 2.26. The summed E-state index contributed by atoms with van der Waals surface area (Å²) >= 11 is 0. The molecule has 136 valence electrons. The molecule has 1 fully saturated rings. The van der Waals surface area contributed by atoms with Crippen molar-refractivity contribution in [1.29, 1.82) is 0 Å². The predicted molar refractivity (Wildman–Crippen MR) is 108 cm³/mol. The van der Waals surface area contributed by atoms with Crippen LogP contribution in [-0.4, -0.2) is 11.1 Å². The quantitative estimate of drug-likeness (QED) is 0.789. The van der Waals surface area contributed by atoms with Gasteiger partial charge < -0.3 is 4.90 Å². The van der Waals surface area contributed by atoms with Gasteiger partial charge in [-0.3, -0.25) is 9.36 Å². The van der Waals surface area contributed by atoms with E-state index in [-0.39, 0.29) is 5.56 Å². The van der Waals surface area contributed by atoms with Gasteiger partial charge in [0.1, 0.15) is 5.82 Å². The molecule has 0 saturated heterocycles. The van der Waals surface area contributed by atoms with Crippen LogP contribution >= 0.6 is 0 Å². The monoisotopic (exact) mass is 348 g/mol. The van der Waals surface area contributed by atoms with Crippen LogP contribution in [0, 0.1) is 5.92 Å². The molecule has 0 spiro atoms. The maximum Gasteiger partial charge on any atom is 0.259 e. The van der Waals surface area contributed by atoms with Crippen molar-refractivity contribution >= 4 is 11.9 Å². The number of allylic oxidation sites excluding steroid dienone is 1. The summed E-state index contributed by atoms with van der Waals surface area (Å²) in [4.78, 5) is 15.3. The van der Waals surface area contributed by atoms with Gasteiger partial charge in [-0.15, -0.1) is 0 Å². The molecule has 3 heteroatoms. The Morgan fingerprint density at radius 2 is 1.73 bits per heavy atom. The first-order valence-electron chi connectivity index (χ1n) is 10.0. The second-order valence-electron chi connectivity index (χ2n) is 7.62. The van der Waals surface area contributed by atoms with Crippen molar-refractivity contribution in [2.24, 2.45) is 5.92 Å². The van der Waals surface area contributed by atoms with Crippen molar-refractivity contribution in [2.75, 3.05) is 11.4 Å². The highest BCUT2D eigenvalue weighted by Gasteiger charge is 2.19. The van der Waals surface area contributed by atoms with Gasteiger partial charge in [0.05, 0.1) is 0 Å². The number of hydrogen-bond acceptors (Lipinski definition) is 2. The topological polar surface area (TPSA) is 25.2 Å². The number of benzene rings is 1. The van der Waals surface area contributed by atoms with Gasteiger partial charge in [0, 0.05) is 25.2 Å². The Balaban J connectivity index is 1.56. The number of hydrogen-bond donors (Lipinski definition) is 0. The fourth-order valence-electron chi connectivity index (χ4n) is 4.27. The van der Waals surface area contributed by atoms with E-state index in [1.165, 1.54) is 37.7 Å². The van der Waals surface area contributed by atoms with E-state index in [1.807, 2.05) is 16.7 Å². The molecule has 0 unspecified atom stereocenters. The maximum absolute atomic E-state index is 13.0. The average molecular weight is 348 g/mol. The van der Waals surface area contributed by atoms with E-state index in [2.05, 4.69) is 47.4 Å². The molecule has 26 heavy (non-hydrogen) atoms. The summed E-state index contributed by atoms with van der Waals surface area (Å²) in [7, 11) is 0. The lowest BCUT2D eigenvalue weighted by Crippen LogP contribution is -2.37. The van der Waals surface area contributed by atoms with Crippen molar-refractivity contribution in [3.63, 3.8) is 0 Å². The van der Waals surface area contributed by atoms with E-state index in [0.717, 1.165) is 37.4 Å². The molecule has 0 N–H and O–H groups in total. The molecule has 2 heterocycles. The molecular weight excluding hydrogens is 320 g/mol. The van der Waals surface area contributed by atoms with Crippen LogP contribution in [0.2, 0.25) is 0 Å².